The molecule has 44 heavy (non-hydrogen) atoms. The van der Waals surface area contributed by atoms with Crippen molar-refractivity contribution in [1.82, 2.24) is 0 Å². The van der Waals surface area contributed by atoms with Crippen LogP contribution in [0.5, 0.6) is 5.75 Å². The van der Waals surface area contributed by atoms with Gasteiger partial charge in [-0.05, 0) is 41.2 Å². The zero-order chi connectivity index (χ0) is 30.9. The summed E-state index contributed by atoms with van der Waals surface area (Å²) in [6.07, 6.45) is 18.6. The van der Waals surface area contributed by atoms with Crippen molar-refractivity contribution >= 4 is 22.9 Å². The Morgan fingerprint density at radius 1 is 0.818 bits per heavy atom. The van der Waals surface area contributed by atoms with Crippen molar-refractivity contribution in [2.24, 2.45) is 0 Å². The van der Waals surface area contributed by atoms with Crippen LogP contribution in [0.3, 0.4) is 0 Å². The summed E-state index contributed by atoms with van der Waals surface area (Å²) in [5, 5.41) is 2.08. The highest BCUT2D eigenvalue weighted by molar-refractivity contribution is 7.07. The Hall–Kier alpha value is -2.18. The Bertz CT molecular complexity index is 1190. The smallest absolute Gasteiger partial charge is 0.227 e. The lowest BCUT2D eigenvalue weighted by molar-refractivity contribution is -0.683. The average molecular weight is 686 g/mol. The minimum Gasteiger partial charge on any atom is -1.00 e. The van der Waals surface area contributed by atoms with Crippen molar-refractivity contribution < 1.29 is 31.1 Å². The number of benzene rings is 2. The molecule has 0 saturated carbocycles. The third-order valence-corrected chi connectivity index (χ3v) is 8.87. The maximum absolute atomic E-state index is 13.1. The van der Waals surface area contributed by atoms with Crippen LogP contribution in [0.4, 0.5) is 5.69 Å². The molecule has 0 bridgehead atoms. The number of nitrogens with zero attached hydrogens (tertiary/aromatic N) is 2. The van der Waals surface area contributed by atoms with Gasteiger partial charge in [-0.3, -0.25) is 4.79 Å². The van der Waals surface area contributed by atoms with Crippen molar-refractivity contribution in [2.75, 3.05) is 11.5 Å². The van der Waals surface area contributed by atoms with Crippen LogP contribution in [-0.2, 0) is 23.3 Å². The van der Waals surface area contributed by atoms with E-state index >= 15 is 0 Å². The zero-order valence-electron chi connectivity index (χ0n) is 28.1. The summed E-state index contributed by atoms with van der Waals surface area (Å²) >= 11 is 1.69. The van der Waals surface area contributed by atoms with Gasteiger partial charge in [0.15, 0.2) is 12.7 Å². The molecule has 244 valence electrons. The molecule has 1 aromatic heterocycles. The number of rotatable bonds is 20. The van der Waals surface area contributed by atoms with Gasteiger partial charge in [-0.25, -0.2) is 0 Å². The number of carbonyl (C=O) groups excluding carboxylic acids is 1. The lowest BCUT2D eigenvalue weighted by atomic mass is 9.85. The summed E-state index contributed by atoms with van der Waals surface area (Å²) < 4.78 is 8.60. The van der Waals surface area contributed by atoms with Gasteiger partial charge in [-0.1, -0.05) is 141 Å². The molecular formula is C38H57BrN2O2S. The van der Waals surface area contributed by atoms with E-state index in [-0.39, 0.29) is 28.3 Å². The number of unbranched alkanes of at least 4 members (excludes halogenated alkanes) is 11. The third-order valence-electron chi connectivity index (χ3n) is 8.19. The van der Waals surface area contributed by atoms with E-state index in [9.17, 15) is 4.79 Å². The molecule has 3 aromatic rings. The molecule has 0 atom stereocenters. The number of thiazole rings is 1. The predicted molar refractivity (Wildman–Crippen MR) is 183 cm³/mol. The van der Waals surface area contributed by atoms with Crippen LogP contribution in [0.15, 0.2) is 59.6 Å². The Morgan fingerprint density at radius 3 is 1.95 bits per heavy atom. The maximum atomic E-state index is 13.1. The summed E-state index contributed by atoms with van der Waals surface area (Å²) in [5.41, 5.74) is 6.57. The SMILES string of the molecule is CCCCCCCCCCCCCCOc1cc(CN(C(=O)CC)c2ccc(C[n+]3ccsc3)cc2)ccc1C(C)(C)C.[Br-]. The topological polar surface area (TPSA) is 33.4 Å². The van der Waals surface area contributed by atoms with Crippen LogP contribution >= 0.6 is 11.3 Å². The third kappa shape index (κ3) is 13.4. The fourth-order valence-corrected chi connectivity index (χ4v) is 6.17. The van der Waals surface area contributed by atoms with Crippen LogP contribution in [0, 0.1) is 0 Å². The Morgan fingerprint density at radius 2 is 1.41 bits per heavy atom. The van der Waals surface area contributed by atoms with Crippen molar-refractivity contribution in [3.05, 3.63) is 76.2 Å². The van der Waals surface area contributed by atoms with Gasteiger partial charge in [-0.15, -0.1) is 0 Å². The van der Waals surface area contributed by atoms with E-state index in [1.165, 1.54) is 81.8 Å². The first-order chi connectivity index (χ1) is 20.8. The largest absolute Gasteiger partial charge is 1.00 e. The number of hydrogen-bond acceptors (Lipinski definition) is 3. The second-order valence-corrected chi connectivity index (χ2v) is 13.8. The van der Waals surface area contributed by atoms with E-state index in [2.05, 4.69) is 91.8 Å². The number of amides is 1. The first-order valence-electron chi connectivity index (χ1n) is 16.9. The molecule has 0 aliphatic rings. The van der Waals surface area contributed by atoms with E-state index in [1.807, 2.05) is 11.8 Å². The van der Waals surface area contributed by atoms with Crippen LogP contribution in [0.2, 0.25) is 0 Å². The fourth-order valence-electron chi connectivity index (χ4n) is 5.57. The molecule has 1 amide bonds. The normalized spacial score (nSPS) is 11.3. The highest BCUT2D eigenvalue weighted by atomic mass is 79.9. The standard InChI is InChI=1S/C38H57N2O2S.BrH/c1-6-8-9-10-11-12-13-14-15-16-17-18-26-42-36-28-33(21-24-35(36)38(3,4)5)30-40(37(41)7-2)34-22-19-32(20-23-34)29-39-25-27-43-31-39;/h19-25,27-28,31H,6-18,26,29-30H2,1-5H3;1H/q+1;/p-1. The molecule has 0 unspecified atom stereocenters. The van der Waals surface area contributed by atoms with Gasteiger partial charge in [0.2, 0.25) is 11.4 Å². The highest BCUT2D eigenvalue weighted by Crippen LogP contribution is 2.33. The number of carbonyl (C=O) groups is 1. The summed E-state index contributed by atoms with van der Waals surface area (Å²) in [7, 11) is 0. The quantitative estimate of drug-likeness (QED) is 0.0918. The molecule has 0 fully saturated rings. The van der Waals surface area contributed by atoms with Crippen molar-refractivity contribution in [1.29, 1.82) is 0 Å². The first-order valence-corrected chi connectivity index (χ1v) is 17.8. The van der Waals surface area contributed by atoms with E-state index in [0.717, 1.165) is 36.6 Å². The summed E-state index contributed by atoms with van der Waals surface area (Å²) in [4.78, 5) is 15.0. The summed E-state index contributed by atoms with van der Waals surface area (Å²) in [6.45, 7) is 13.0. The monoisotopic (exact) mass is 684 g/mol. The number of aromatic nitrogens is 1. The van der Waals surface area contributed by atoms with E-state index in [1.54, 1.807) is 11.3 Å². The fraction of sp³-hybridized carbons (Fsp3) is 0.579. The molecule has 2 aromatic carbocycles. The predicted octanol–water partition coefficient (Wildman–Crippen LogP) is 7.41. The molecule has 3 rings (SSSR count). The molecule has 0 aliphatic carbocycles. The Kier molecular flexibility index (Phi) is 17.9. The van der Waals surface area contributed by atoms with Gasteiger partial charge in [0, 0.05) is 17.7 Å². The number of halogens is 1. The molecule has 0 radical (unpaired) electrons. The van der Waals surface area contributed by atoms with Gasteiger partial charge < -0.3 is 26.6 Å². The molecule has 1 heterocycles. The maximum Gasteiger partial charge on any atom is 0.227 e. The molecule has 0 saturated heterocycles. The Balaban J connectivity index is 0.00000675. The van der Waals surface area contributed by atoms with Gasteiger partial charge in [0.25, 0.3) is 0 Å². The minimum absolute atomic E-state index is 0. The molecule has 4 nitrogen and oxygen atoms in total. The number of ether oxygens (including phenoxy) is 1. The second-order valence-electron chi connectivity index (χ2n) is 13.0. The lowest BCUT2D eigenvalue weighted by Gasteiger charge is -2.26. The van der Waals surface area contributed by atoms with Crippen molar-refractivity contribution in [3.63, 3.8) is 0 Å². The van der Waals surface area contributed by atoms with E-state index < -0.39 is 0 Å². The number of hydrogen-bond donors (Lipinski definition) is 0. The Labute approximate surface area is 283 Å². The van der Waals surface area contributed by atoms with Gasteiger partial charge >= 0.3 is 0 Å². The van der Waals surface area contributed by atoms with Gasteiger partial charge in [0.1, 0.15) is 5.75 Å². The summed E-state index contributed by atoms with van der Waals surface area (Å²) in [5.74, 6) is 1.08. The lowest BCUT2D eigenvalue weighted by Crippen LogP contribution is -3.00. The van der Waals surface area contributed by atoms with Crippen LogP contribution < -0.4 is 31.2 Å². The van der Waals surface area contributed by atoms with Crippen molar-refractivity contribution in [3.8, 4) is 5.75 Å². The van der Waals surface area contributed by atoms with Gasteiger partial charge in [-0.2, -0.15) is 4.57 Å². The van der Waals surface area contributed by atoms with Gasteiger partial charge in [0.05, 0.1) is 18.5 Å². The second kappa shape index (κ2) is 20.8. The molecule has 0 N–H and O–H groups in total. The van der Waals surface area contributed by atoms with Crippen LogP contribution in [0.1, 0.15) is 135 Å². The first kappa shape index (κ1) is 38.0. The molecular weight excluding hydrogens is 628 g/mol. The van der Waals surface area contributed by atoms with E-state index in [4.69, 9.17) is 4.74 Å². The highest BCUT2D eigenvalue weighted by Gasteiger charge is 2.21. The molecule has 0 aliphatic heterocycles. The average Bonchev–Trinajstić information content (AvgIpc) is 3.51. The minimum atomic E-state index is -0.0143. The van der Waals surface area contributed by atoms with Crippen LogP contribution in [0.25, 0.3) is 0 Å². The van der Waals surface area contributed by atoms with Crippen LogP contribution in [-0.4, -0.2) is 12.5 Å². The van der Waals surface area contributed by atoms with Crippen molar-refractivity contribution in [2.45, 2.75) is 137 Å². The summed E-state index contributed by atoms with van der Waals surface area (Å²) in [6, 6.07) is 14.9. The molecule has 6 heteroatoms. The number of anilines is 1. The zero-order valence-corrected chi connectivity index (χ0v) is 30.5. The molecule has 0 spiro atoms. The van der Waals surface area contributed by atoms with E-state index in [0.29, 0.717) is 13.0 Å².